The second kappa shape index (κ2) is 6.73. The van der Waals surface area contributed by atoms with Crippen LogP contribution in [-0.4, -0.2) is 29.4 Å². The largest absolute Gasteiger partial charge is 0.452 e. The molecule has 120 valence electrons. The van der Waals surface area contributed by atoms with E-state index in [1.165, 1.54) is 13.8 Å². The van der Waals surface area contributed by atoms with Crippen LogP contribution in [0.3, 0.4) is 0 Å². The van der Waals surface area contributed by atoms with E-state index in [-0.39, 0.29) is 22.9 Å². The minimum Gasteiger partial charge on any atom is -0.452 e. The quantitative estimate of drug-likeness (QED) is 0.633. The van der Waals surface area contributed by atoms with E-state index in [9.17, 15) is 14.4 Å². The number of esters is 1. The molecule has 0 spiro atoms. The van der Waals surface area contributed by atoms with Crippen LogP contribution in [0.4, 0.5) is 11.6 Å². The minimum atomic E-state index is -0.789. The van der Waals surface area contributed by atoms with Gasteiger partial charge < -0.3 is 20.3 Å². The summed E-state index contributed by atoms with van der Waals surface area (Å²) in [6, 6.07) is 6.34. The van der Waals surface area contributed by atoms with Crippen molar-refractivity contribution < 1.29 is 23.6 Å². The third-order valence-corrected chi connectivity index (χ3v) is 3.00. The summed E-state index contributed by atoms with van der Waals surface area (Å²) in [6.07, 6.45) is 0. The van der Waals surface area contributed by atoms with Crippen molar-refractivity contribution in [2.24, 2.45) is 0 Å². The first-order valence-electron chi connectivity index (χ1n) is 6.68. The van der Waals surface area contributed by atoms with Crippen LogP contribution in [0.25, 0.3) is 0 Å². The summed E-state index contributed by atoms with van der Waals surface area (Å²) in [4.78, 5) is 34.7. The Balaban J connectivity index is 1.90. The SMILES string of the molecule is CC(=O)c1ccc(NC(=O)COC(=O)c2c(C)noc2N)cc1. The Bertz CT molecular complexity index is 729. The molecule has 0 fully saturated rings. The number of benzene rings is 1. The molecule has 1 heterocycles. The van der Waals surface area contributed by atoms with Gasteiger partial charge >= 0.3 is 5.97 Å². The molecule has 0 aliphatic carbocycles. The predicted molar refractivity (Wildman–Crippen MR) is 81.0 cm³/mol. The van der Waals surface area contributed by atoms with Crippen molar-refractivity contribution in [2.75, 3.05) is 17.7 Å². The van der Waals surface area contributed by atoms with Crippen LogP contribution in [0.5, 0.6) is 0 Å². The Labute approximate surface area is 131 Å². The van der Waals surface area contributed by atoms with Gasteiger partial charge in [-0.1, -0.05) is 5.16 Å². The molecule has 8 heteroatoms. The molecule has 0 aliphatic heterocycles. The number of aryl methyl sites for hydroxylation is 1. The lowest BCUT2D eigenvalue weighted by Crippen LogP contribution is -2.21. The maximum Gasteiger partial charge on any atom is 0.346 e. The fourth-order valence-corrected chi connectivity index (χ4v) is 1.82. The number of hydrogen-bond donors (Lipinski definition) is 2. The number of ketones is 1. The minimum absolute atomic E-state index is 0.00334. The molecule has 0 aliphatic rings. The number of anilines is 2. The summed E-state index contributed by atoms with van der Waals surface area (Å²) in [6.45, 7) is 2.50. The molecule has 23 heavy (non-hydrogen) atoms. The maximum atomic E-state index is 11.8. The van der Waals surface area contributed by atoms with Crippen LogP contribution >= 0.6 is 0 Å². The number of hydrogen-bond acceptors (Lipinski definition) is 7. The molecular formula is C15H15N3O5. The Morgan fingerprint density at radius 2 is 1.91 bits per heavy atom. The van der Waals surface area contributed by atoms with Gasteiger partial charge in [0, 0.05) is 11.3 Å². The highest BCUT2D eigenvalue weighted by atomic mass is 16.5. The van der Waals surface area contributed by atoms with Gasteiger partial charge in [-0.3, -0.25) is 9.59 Å². The van der Waals surface area contributed by atoms with Gasteiger partial charge in [0.05, 0.1) is 5.69 Å². The zero-order chi connectivity index (χ0) is 17.0. The molecule has 0 atom stereocenters. The van der Waals surface area contributed by atoms with Crippen molar-refractivity contribution in [3.05, 3.63) is 41.1 Å². The van der Waals surface area contributed by atoms with Gasteiger partial charge in [0.1, 0.15) is 5.56 Å². The van der Waals surface area contributed by atoms with Gasteiger partial charge in [-0.25, -0.2) is 4.79 Å². The highest BCUT2D eigenvalue weighted by Crippen LogP contribution is 2.16. The third kappa shape index (κ3) is 3.94. The van der Waals surface area contributed by atoms with Crippen molar-refractivity contribution in [1.82, 2.24) is 5.16 Å². The lowest BCUT2D eigenvalue weighted by Gasteiger charge is -2.06. The molecule has 0 unspecified atom stereocenters. The number of amides is 1. The number of ether oxygens (including phenoxy) is 1. The van der Waals surface area contributed by atoms with E-state index in [4.69, 9.17) is 10.5 Å². The van der Waals surface area contributed by atoms with E-state index in [1.807, 2.05) is 0 Å². The monoisotopic (exact) mass is 317 g/mol. The Morgan fingerprint density at radius 3 is 2.43 bits per heavy atom. The lowest BCUT2D eigenvalue weighted by molar-refractivity contribution is -0.119. The Morgan fingerprint density at radius 1 is 1.26 bits per heavy atom. The molecule has 0 bridgehead atoms. The highest BCUT2D eigenvalue weighted by Gasteiger charge is 2.20. The van der Waals surface area contributed by atoms with Crippen molar-refractivity contribution in [1.29, 1.82) is 0 Å². The van der Waals surface area contributed by atoms with Gasteiger partial charge in [-0.05, 0) is 38.1 Å². The molecule has 3 N–H and O–H groups in total. The van der Waals surface area contributed by atoms with Crippen LogP contribution in [0, 0.1) is 6.92 Å². The fourth-order valence-electron chi connectivity index (χ4n) is 1.82. The summed E-state index contributed by atoms with van der Waals surface area (Å²) in [5, 5.41) is 6.07. The number of nitrogen functional groups attached to an aromatic ring is 1. The summed E-state index contributed by atoms with van der Waals surface area (Å²) in [5.74, 6) is -1.55. The first kappa shape index (κ1) is 16.2. The number of carbonyl (C=O) groups is 3. The van der Waals surface area contributed by atoms with Crippen LogP contribution in [0.1, 0.15) is 33.3 Å². The van der Waals surface area contributed by atoms with Crippen molar-refractivity contribution in [3.8, 4) is 0 Å². The number of nitrogens with one attached hydrogen (secondary N) is 1. The zero-order valence-electron chi connectivity index (χ0n) is 12.6. The third-order valence-electron chi connectivity index (χ3n) is 3.00. The summed E-state index contributed by atoms with van der Waals surface area (Å²) < 4.78 is 9.51. The molecule has 2 aromatic rings. The number of nitrogens with zero attached hydrogens (tertiary/aromatic N) is 1. The van der Waals surface area contributed by atoms with E-state index in [0.717, 1.165) is 0 Å². The predicted octanol–water partition coefficient (Wildman–Crippen LogP) is 1.56. The van der Waals surface area contributed by atoms with E-state index in [2.05, 4.69) is 15.0 Å². The van der Waals surface area contributed by atoms with Crippen molar-refractivity contribution >= 4 is 29.2 Å². The molecule has 0 saturated carbocycles. The topological polar surface area (TPSA) is 125 Å². The average Bonchev–Trinajstić information content (AvgIpc) is 2.84. The average molecular weight is 317 g/mol. The van der Waals surface area contributed by atoms with E-state index >= 15 is 0 Å². The number of carbonyl (C=O) groups excluding carboxylic acids is 3. The van der Waals surface area contributed by atoms with Gasteiger partial charge in [-0.2, -0.15) is 0 Å². The van der Waals surface area contributed by atoms with Gasteiger partial charge in [0.2, 0.25) is 5.88 Å². The molecule has 1 aromatic heterocycles. The lowest BCUT2D eigenvalue weighted by atomic mass is 10.1. The molecule has 0 saturated heterocycles. The van der Waals surface area contributed by atoms with Crippen molar-refractivity contribution in [3.63, 3.8) is 0 Å². The van der Waals surface area contributed by atoms with E-state index in [0.29, 0.717) is 11.3 Å². The van der Waals surface area contributed by atoms with Crippen LogP contribution in [-0.2, 0) is 9.53 Å². The fraction of sp³-hybridized carbons (Fsp3) is 0.200. The van der Waals surface area contributed by atoms with Gasteiger partial charge in [-0.15, -0.1) is 0 Å². The number of aromatic nitrogens is 1. The Hall–Kier alpha value is -3.16. The second-order valence-electron chi connectivity index (χ2n) is 4.77. The van der Waals surface area contributed by atoms with Crippen molar-refractivity contribution in [2.45, 2.75) is 13.8 Å². The first-order valence-corrected chi connectivity index (χ1v) is 6.68. The molecule has 0 radical (unpaired) electrons. The normalized spacial score (nSPS) is 10.2. The smallest absolute Gasteiger partial charge is 0.346 e. The van der Waals surface area contributed by atoms with E-state index in [1.54, 1.807) is 24.3 Å². The first-order chi connectivity index (χ1) is 10.9. The van der Waals surface area contributed by atoms with E-state index < -0.39 is 18.5 Å². The number of rotatable bonds is 5. The molecule has 2 rings (SSSR count). The molecule has 1 amide bonds. The summed E-state index contributed by atoms with van der Waals surface area (Å²) in [5.41, 5.74) is 6.76. The molecular weight excluding hydrogens is 302 g/mol. The molecule has 1 aromatic carbocycles. The second-order valence-corrected chi connectivity index (χ2v) is 4.77. The zero-order valence-corrected chi connectivity index (χ0v) is 12.6. The number of nitrogens with two attached hydrogens (primary N) is 1. The molecule has 8 nitrogen and oxygen atoms in total. The van der Waals surface area contributed by atoms with Gasteiger partial charge in [0.15, 0.2) is 12.4 Å². The standard InChI is InChI=1S/C15H15N3O5/c1-8-13(14(16)23-18-8)15(21)22-7-12(20)17-11-5-3-10(4-6-11)9(2)19/h3-6H,7,16H2,1-2H3,(H,17,20). The summed E-state index contributed by atoms with van der Waals surface area (Å²) >= 11 is 0. The maximum absolute atomic E-state index is 11.8. The van der Waals surface area contributed by atoms with Gasteiger partial charge in [0.25, 0.3) is 5.91 Å². The Kier molecular flexibility index (Phi) is 4.75. The van der Waals surface area contributed by atoms with Crippen LogP contribution in [0.2, 0.25) is 0 Å². The number of Topliss-reactive ketones (excluding diaryl/α,β-unsaturated/α-hetero) is 1. The summed E-state index contributed by atoms with van der Waals surface area (Å²) in [7, 11) is 0. The van der Waals surface area contributed by atoms with Crippen LogP contribution in [0.15, 0.2) is 28.8 Å². The highest BCUT2D eigenvalue weighted by molar-refractivity contribution is 5.98. The van der Waals surface area contributed by atoms with Crippen LogP contribution < -0.4 is 11.1 Å².